The van der Waals surface area contributed by atoms with Gasteiger partial charge >= 0.3 is 0 Å². The number of benzene rings is 2. The van der Waals surface area contributed by atoms with E-state index < -0.39 is 0 Å². The third-order valence-corrected chi connectivity index (χ3v) is 6.50. The Labute approximate surface area is 186 Å². The molecule has 0 amide bonds. The van der Waals surface area contributed by atoms with Crippen LogP contribution < -0.4 is 20.1 Å². The van der Waals surface area contributed by atoms with E-state index >= 15 is 0 Å². The molecular formula is C24H26N4O2S. The van der Waals surface area contributed by atoms with E-state index in [1.165, 1.54) is 20.9 Å². The van der Waals surface area contributed by atoms with Crippen LogP contribution in [0.1, 0.15) is 23.4 Å². The van der Waals surface area contributed by atoms with Gasteiger partial charge in [0.15, 0.2) is 11.5 Å². The first-order valence-electron chi connectivity index (χ1n) is 10.1. The fourth-order valence-electron chi connectivity index (χ4n) is 3.61. The van der Waals surface area contributed by atoms with Crippen LogP contribution in [0.4, 0.5) is 5.82 Å². The van der Waals surface area contributed by atoms with E-state index in [1.807, 2.05) is 19.2 Å². The highest BCUT2D eigenvalue weighted by molar-refractivity contribution is 7.15. The van der Waals surface area contributed by atoms with Gasteiger partial charge in [-0.25, -0.2) is 9.97 Å². The fourth-order valence-corrected chi connectivity index (χ4v) is 4.68. The minimum absolute atomic E-state index is 0.0846. The highest BCUT2D eigenvalue weighted by Crippen LogP contribution is 2.37. The number of ether oxygens (including phenoxy) is 2. The van der Waals surface area contributed by atoms with Crippen molar-refractivity contribution in [2.75, 3.05) is 26.6 Å². The zero-order valence-corrected chi connectivity index (χ0v) is 18.9. The van der Waals surface area contributed by atoms with E-state index in [0.717, 1.165) is 23.3 Å². The number of anilines is 1. The highest BCUT2D eigenvalue weighted by atomic mass is 32.1. The maximum absolute atomic E-state index is 5.46. The first-order valence-corrected chi connectivity index (χ1v) is 10.9. The molecule has 6 nitrogen and oxygen atoms in total. The molecule has 0 bridgehead atoms. The number of thiophene rings is 1. The zero-order chi connectivity index (χ0) is 21.8. The van der Waals surface area contributed by atoms with Gasteiger partial charge in [0, 0.05) is 27.8 Å². The van der Waals surface area contributed by atoms with Crippen molar-refractivity contribution in [2.24, 2.45) is 0 Å². The zero-order valence-electron chi connectivity index (χ0n) is 18.1. The second-order valence-corrected chi connectivity index (χ2v) is 8.32. The Morgan fingerprint density at radius 1 is 1.00 bits per heavy atom. The molecule has 160 valence electrons. The van der Waals surface area contributed by atoms with Gasteiger partial charge in [0.05, 0.1) is 25.8 Å². The summed E-state index contributed by atoms with van der Waals surface area (Å²) in [6.45, 7) is 2.99. The van der Waals surface area contributed by atoms with Crippen molar-refractivity contribution in [2.45, 2.75) is 19.5 Å². The highest BCUT2D eigenvalue weighted by Gasteiger charge is 2.15. The summed E-state index contributed by atoms with van der Waals surface area (Å²) in [5.74, 6) is 2.07. The van der Waals surface area contributed by atoms with Crippen molar-refractivity contribution in [1.29, 1.82) is 0 Å². The standard InChI is InChI=1S/C24H26N4O2S/c1-15(22-9-10-23(31-22)17-8-6-5-7-16(17)13-25-2)28-24-18-11-20(29-3)21(30-4)12-19(18)26-14-27-24/h5-12,14-15,25H,13H2,1-4H3,(H,26,27,28). The summed E-state index contributed by atoms with van der Waals surface area (Å²) in [5.41, 5.74) is 3.36. The van der Waals surface area contributed by atoms with Crippen molar-refractivity contribution in [3.05, 3.63) is 65.3 Å². The molecule has 0 aliphatic rings. The average Bonchev–Trinajstić information content (AvgIpc) is 3.29. The van der Waals surface area contributed by atoms with E-state index in [-0.39, 0.29) is 6.04 Å². The summed E-state index contributed by atoms with van der Waals surface area (Å²) in [5, 5.41) is 7.69. The molecule has 2 heterocycles. The second kappa shape index (κ2) is 9.32. The average molecular weight is 435 g/mol. The van der Waals surface area contributed by atoms with Crippen LogP contribution in [0.2, 0.25) is 0 Å². The van der Waals surface area contributed by atoms with E-state index in [4.69, 9.17) is 9.47 Å². The summed E-state index contributed by atoms with van der Waals surface area (Å²) < 4.78 is 10.9. The predicted octanol–water partition coefficient (Wildman–Crippen LogP) is 5.27. The molecule has 4 aromatic rings. The van der Waals surface area contributed by atoms with E-state index in [0.29, 0.717) is 11.5 Å². The number of hydrogen-bond acceptors (Lipinski definition) is 7. The Hall–Kier alpha value is -3.16. The van der Waals surface area contributed by atoms with Crippen molar-refractivity contribution >= 4 is 28.1 Å². The van der Waals surface area contributed by atoms with Crippen molar-refractivity contribution in [1.82, 2.24) is 15.3 Å². The Kier molecular flexibility index (Phi) is 6.34. The lowest BCUT2D eigenvalue weighted by Gasteiger charge is -2.16. The summed E-state index contributed by atoms with van der Waals surface area (Å²) in [4.78, 5) is 11.4. The summed E-state index contributed by atoms with van der Waals surface area (Å²) in [7, 11) is 5.22. The lowest BCUT2D eigenvalue weighted by Crippen LogP contribution is -2.07. The number of fused-ring (bicyclic) bond motifs is 1. The number of nitrogens with one attached hydrogen (secondary N) is 2. The molecule has 1 atom stereocenters. The van der Waals surface area contributed by atoms with Crippen LogP contribution >= 0.6 is 11.3 Å². The molecule has 0 fully saturated rings. The molecule has 2 aromatic carbocycles. The van der Waals surface area contributed by atoms with Gasteiger partial charge < -0.3 is 20.1 Å². The van der Waals surface area contributed by atoms with Crippen molar-refractivity contribution in [3.8, 4) is 21.9 Å². The molecule has 0 aliphatic carbocycles. The Bertz CT molecular complexity index is 1190. The molecule has 0 saturated heterocycles. The predicted molar refractivity (Wildman–Crippen MR) is 127 cm³/mol. The maximum Gasteiger partial charge on any atom is 0.162 e. The monoisotopic (exact) mass is 434 g/mol. The van der Waals surface area contributed by atoms with Crippen LogP contribution in [0, 0.1) is 0 Å². The van der Waals surface area contributed by atoms with Crippen LogP contribution in [0.15, 0.2) is 54.9 Å². The lowest BCUT2D eigenvalue weighted by molar-refractivity contribution is 0.356. The lowest BCUT2D eigenvalue weighted by atomic mass is 10.1. The summed E-state index contributed by atoms with van der Waals surface area (Å²) in [6, 6.07) is 16.8. The first kappa shape index (κ1) is 21.1. The van der Waals surface area contributed by atoms with Crippen LogP contribution in [-0.4, -0.2) is 31.2 Å². The van der Waals surface area contributed by atoms with Crippen LogP contribution in [0.3, 0.4) is 0 Å². The molecule has 1 unspecified atom stereocenters. The van der Waals surface area contributed by atoms with Gasteiger partial charge in [-0.15, -0.1) is 11.3 Å². The van der Waals surface area contributed by atoms with Crippen molar-refractivity contribution in [3.63, 3.8) is 0 Å². The largest absolute Gasteiger partial charge is 0.493 e. The van der Waals surface area contributed by atoms with Gasteiger partial charge in [0.2, 0.25) is 0 Å². The number of methoxy groups -OCH3 is 2. The molecule has 0 saturated carbocycles. The third kappa shape index (κ3) is 4.33. The second-order valence-electron chi connectivity index (χ2n) is 7.20. The summed E-state index contributed by atoms with van der Waals surface area (Å²) in [6.07, 6.45) is 1.57. The van der Waals surface area contributed by atoms with Gasteiger partial charge in [-0.05, 0) is 43.3 Å². The normalized spacial score (nSPS) is 12.0. The molecule has 0 aliphatic heterocycles. The quantitative estimate of drug-likeness (QED) is 0.394. The fraction of sp³-hybridized carbons (Fsp3) is 0.250. The number of aromatic nitrogens is 2. The maximum atomic E-state index is 5.46. The summed E-state index contributed by atoms with van der Waals surface area (Å²) >= 11 is 1.79. The van der Waals surface area contributed by atoms with Gasteiger partial charge in [0.1, 0.15) is 12.1 Å². The first-order chi connectivity index (χ1) is 15.1. The Morgan fingerprint density at radius 3 is 2.55 bits per heavy atom. The minimum Gasteiger partial charge on any atom is -0.493 e. The molecule has 0 spiro atoms. The molecular weight excluding hydrogens is 408 g/mol. The molecule has 2 aromatic heterocycles. The van der Waals surface area contributed by atoms with E-state index in [2.05, 4.69) is 63.9 Å². The van der Waals surface area contributed by atoms with E-state index in [9.17, 15) is 0 Å². The van der Waals surface area contributed by atoms with Crippen molar-refractivity contribution < 1.29 is 9.47 Å². The topological polar surface area (TPSA) is 68.3 Å². The van der Waals surface area contributed by atoms with E-state index in [1.54, 1.807) is 31.9 Å². The third-order valence-electron chi connectivity index (χ3n) is 5.20. The van der Waals surface area contributed by atoms with Gasteiger partial charge in [0.25, 0.3) is 0 Å². The molecule has 4 rings (SSSR count). The van der Waals surface area contributed by atoms with Gasteiger partial charge in [-0.3, -0.25) is 0 Å². The molecule has 0 radical (unpaired) electrons. The van der Waals surface area contributed by atoms with Crippen LogP contribution in [0.5, 0.6) is 11.5 Å². The molecule has 31 heavy (non-hydrogen) atoms. The van der Waals surface area contributed by atoms with Gasteiger partial charge in [-0.1, -0.05) is 24.3 Å². The molecule has 2 N–H and O–H groups in total. The van der Waals surface area contributed by atoms with Crippen LogP contribution in [0.25, 0.3) is 21.3 Å². The SMILES string of the molecule is CNCc1ccccc1-c1ccc(C(C)Nc2ncnc3cc(OC)c(OC)cc23)s1. The molecule has 7 heteroatoms. The number of nitrogens with zero attached hydrogens (tertiary/aromatic N) is 2. The Balaban J connectivity index is 1.62. The number of hydrogen-bond donors (Lipinski definition) is 2. The van der Waals surface area contributed by atoms with Gasteiger partial charge in [-0.2, -0.15) is 0 Å². The van der Waals surface area contributed by atoms with Crippen LogP contribution in [-0.2, 0) is 6.54 Å². The Morgan fingerprint density at radius 2 is 1.77 bits per heavy atom. The smallest absolute Gasteiger partial charge is 0.162 e. The minimum atomic E-state index is 0.0846. The number of rotatable bonds is 8.